The molecule has 0 N–H and O–H groups in total. The molecule has 3 aromatic rings. The fourth-order valence-electron chi connectivity index (χ4n) is 3.23. The van der Waals surface area contributed by atoms with E-state index in [9.17, 15) is 0 Å². The molecule has 0 bridgehead atoms. The van der Waals surface area contributed by atoms with Crippen LogP contribution in [0.4, 0.5) is 0 Å². The first-order valence-electron chi connectivity index (χ1n) is 9.16. The van der Waals surface area contributed by atoms with Crippen LogP contribution in [0.25, 0.3) is 11.5 Å². The predicted octanol–water partition coefficient (Wildman–Crippen LogP) is 4.80. The number of hydrogen-bond acceptors (Lipinski definition) is 5. The normalized spacial score (nSPS) is 16.0. The molecule has 1 saturated carbocycles. The van der Waals surface area contributed by atoms with Gasteiger partial charge < -0.3 is 4.42 Å². The van der Waals surface area contributed by atoms with Crippen molar-refractivity contribution >= 4 is 17.6 Å². The highest BCUT2D eigenvalue weighted by Gasteiger charge is 2.14. The average molecular weight is 376 g/mol. The summed E-state index contributed by atoms with van der Waals surface area (Å²) < 4.78 is 7.44. The van der Waals surface area contributed by atoms with Crippen molar-refractivity contribution in [2.24, 2.45) is 10.1 Å². The van der Waals surface area contributed by atoms with Crippen molar-refractivity contribution in [3.05, 3.63) is 64.0 Å². The van der Waals surface area contributed by atoms with Crippen LogP contribution in [0.1, 0.15) is 43.2 Å². The highest BCUT2D eigenvalue weighted by molar-refractivity contribution is 7.07. The number of rotatable bonds is 4. The quantitative estimate of drug-likeness (QED) is 0.614. The maximum absolute atomic E-state index is 8.93. The Bertz CT molecular complexity index is 1010. The zero-order valence-electron chi connectivity index (χ0n) is 14.9. The van der Waals surface area contributed by atoms with Crippen molar-refractivity contribution < 1.29 is 4.42 Å². The van der Waals surface area contributed by atoms with Gasteiger partial charge in [-0.15, -0.1) is 11.3 Å². The number of benzene rings is 1. The molecule has 1 aromatic carbocycles. The number of hydrogen-bond donors (Lipinski definition) is 0. The Morgan fingerprint density at radius 2 is 1.96 bits per heavy atom. The first-order chi connectivity index (χ1) is 13.3. The highest BCUT2D eigenvalue weighted by Crippen LogP contribution is 2.22. The minimum atomic E-state index is 0.373. The number of thiazole rings is 1. The van der Waals surface area contributed by atoms with Crippen molar-refractivity contribution in [2.45, 2.75) is 38.1 Å². The van der Waals surface area contributed by atoms with Crippen LogP contribution >= 0.6 is 11.3 Å². The van der Waals surface area contributed by atoms with E-state index < -0.39 is 0 Å². The number of nitrogens with zero attached hydrogens (tertiary/aromatic N) is 4. The third kappa shape index (κ3) is 4.09. The Balaban J connectivity index is 1.71. The summed E-state index contributed by atoms with van der Waals surface area (Å²) in [6, 6.07) is 13.7. The van der Waals surface area contributed by atoms with E-state index in [1.165, 1.54) is 19.3 Å². The largest absolute Gasteiger partial charge is 0.463 e. The summed E-state index contributed by atoms with van der Waals surface area (Å²) in [7, 11) is 0. The number of aromatic nitrogens is 1. The van der Waals surface area contributed by atoms with Crippen molar-refractivity contribution in [1.29, 1.82) is 5.26 Å². The highest BCUT2D eigenvalue weighted by atomic mass is 32.1. The lowest BCUT2D eigenvalue weighted by Crippen LogP contribution is -2.18. The van der Waals surface area contributed by atoms with Gasteiger partial charge in [-0.05, 0) is 42.7 Å². The third-order valence-corrected chi connectivity index (χ3v) is 5.52. The van der Waals surface area contributed by atoms with Gasteiger partial charge in [-0.1, -0.05) is 31.4 Å². The second-order valence-corrected chi connectivity index (χ2v) is 7.43. The van der Waals surface area contributed by atoms with Gasteiger partial charge in [0, 0.05) is 5.38 Å². The van der Waals surface area contributed by atoms with E-state index in [0.29, 0.717) is 11.6 Å². The van der Waals surface area contributed by atoms with Crippen LogP contribution in [-0.4, -0.2) is 16.9 Å². The van der Waals surface area contributed by atoms with Crippen LogP contribution in [0.5, 0.6) is 0 Å². The topological polar surface area (TPSA) is 66.6 Å². The van der Waals surface area contributed by atoms with Gasteiger partial charge >= 0.3 is 0 Å². The molecule has 0 aliphatic heterocycles. The minimum absolute atomic E-state index is 0.373. The van der Waals surface area contributed by atoms with Gasteiger partial charge in [-0.25, -0.2) is 4.68 Å². The van der Waals surface area contributed by atoms with Crippen LogP contribution in [0.3, 0.4) is 0 Å². The molecule has 1 fully saturated rings. The van der Waals surface area contributed by atoms with Crippen LogP contribution in [0, 0.1) is 11.3 Å². The molecule has 27 heavy (non-hydrogen) atoms. The maximum Gasteiger partial charge on any atom is 0.206 e. The molecular weight excluding hydrogens is 356 g/mol. The molecule has 136 valence electrons. The van der Waals surface area contributed by atoms with E-state index in [1.54, 1.807) is 35.9 Å². The molecule has 1 aliphatic carbocycles. The Labute approximate surface area is 161 Å². The zero-order chi connectivity index (χ0) is 18.5. The Morgan fingerprint density at radius 1 is 1.15 bits per heavy atom. The average Bonchev–Trinajstić information content (AvgIpc) is 3.37. The Morgan fingerprint density at radius 3 is 2.67 bits per heavy atom. The summed E-state index contributed by atoms with van der Waals surface area (Å²) in [5, 5.41) is 15.7. The molecule has 0 radical (unpaired) electrons. The monoisotopic (exact) mass is 376 g/mol. The van der Waals surface area contributed by atoms with E-state index >= 15 is 0 Å². The number of nitriles is 1. The lowest BCUT2D eigenvalue weighted by molar-refractivity contribution is 0.435. The predicted molar refractivity (Wildman–Crippen MR) is 107 cm³/mol. The van der Waals surface area contributed by atoms with Gasteiger partial charge in [0.05, 0.1) is 30.2 Å². The Hall–Kier alpha value is -2.91. The fourth-order valence-corrected chi connectivity index (χ4v) is 4.12. The van der Waals surface area contributed by atoms with E-state index in [-0.39, 0.29) is 0 Å². The van der Waals surface area contributed by atoms with Gasteiger partial charge in [0.15, 0.2) is 5.76 Å². The van der Waals surface area contributed by atoms with Gasteiger partial charge in [-0.2, -0.15) is 10.4 Å². The summed E-state index contributed by atoms with van der Waals surface area (Å²) in [5.41, 5.74) is 2.46. The lowest BCUT2D eigenvalue weighted by Gasteiger charge is -2.16. The summed E-state index contributed by atoms with van der Waals surface area (Å²) in [5.74, 6) is 0.772. The van der Waals surface area contributed by atoms with E-state index in [2.05, 4.69) is 11.2 Å². The summed E-state index contributed by atoms with van der Waals surface area (Å²) in [4.78, 5) is 5.86. The third-order valence-electron chi connectivity index (χ3n) is 4.69. The SMILES string of the molecule is N#Cc1ccc(C=Nn2c(-c3ccco3)csc2=NC2CCCCC2)cc1. The van der Waals surface area contributed by atoms with Crippen molar-refractivity contribution in [1.82, 2.24) is 4.68 Å². The first-order valence-corrected chi connectivity index (χ1v) is 10.0. The van der Waals surface area contributed by atoms with Crippen LogP contribution in [-0.2, 0) is 0 Å². The van der Waals surface area contributed by atoms with Crippen molar-refractivity contribution in [2.75, 3.05) is 0 Å². The summed E-state index contributed by atoms with van der Waals surface area (Å²) in [6.45, 7) is 0. The van der Waals surface area contributed by atoms with Crippen LogP contribution < -0.4 is 4.80 Å². The van der Waals surface area contributed by atoms with E-state index in [1.807, 2.05) is 34.3 Å². The number of furan rings is 1. The maximum atomic E-state index is 8.93. The van der Waals surface area contributed by atoms with Gasteiger partial charge in [-0.3, -0.25) is 4.99 Å². The molecule has 6 heteroatoms. The molecule has 0 amide bonds. The molecule has 2 aromatic heterocycles. The van der Waals surface area contributed by atoms with Crippen LogP contribution in [0.15, 0.2) is 62.6 Å². The molecule has 0 saturated heterocycles. The van der Waals surface area contributed by atoms with Crippen LogP contribution in [0.2, 0.25) is 0 Å². The Kier molecular flexibility index (Phi) is 5.31. The van der Waals surface area contributed by atoms with Crippen molar-refractivity contribution in [3.63, 3.8) is 0 Å². The van der Waals surface area contributed by atoms with Gasteiger partial charge in [0.1, 0.15) is 5.69 Å². The minimum Gasteiger partial charge on any atom is -0.463 e. The van der Waals surface area contributed by atoms with Gasteiger partial charge in [0.2, 0.25) is 4.80 Å². The molecular formula is C21H20N4OS. The van der Waals surface area contributed by atoms with Crippen molar-refractivity contribution in [3.8, 4) is 17.5 Å². The molecule has 0 unspecified atom stereocenters. The summed E-state index contributed by atoms with van der Waals surface area (Å²) in [6.07, 6.45) is 9.56. The first kappa shape index (κ1) is 17.5. The molecule has 0 atom stereocenters. The smallest absolute Gasteiger partial charge is 0.206 e. The molecule has 2 heterocycles. The molecule has 1 aliphatic rings. The second kappa shape index (κ2) is 8.19. The second-order valence-electron chi connectivity index (χ2n) is 6.59. The molecule has 4 rings (SSSR count). The van der Waals surface area contributed by atoms with E-state index in [4.69, 9.17) is 14.7 Å². The van der Waals surface area contributed by atoms with Gasteiger partial charge in [0.25, 0.3) is 0 Å². The zero-order valence-corrected chi connectivity index (χ0v) is 15.7. The molecule has 5 nitrogen and oxygen atoms in total. The fraction of sp³-hybridized carbons (Fsp3) is 0.286. The lowest BCUT2D eigenvalue weighted by atomic mass is 9.96. The summed E-state index contributed by atoms with van der Waals surface area (Å²) >= 11 is 1.59. The molecule has 0 spiro atoms. The standard InChI is InChI=1S/C21H20N4OS/c22-13-16-8-10-17(11-9-16)14-23-25-19(20-7-4-12-26-20)15-27-21(25)24-18-5-2-1-3-6-18/h4,7-12,14-15,18H,1-3,5-6H2. The van der Waals surface area contributed by atoms with E-state index in [0.717, 1.165) is 34.7 Å².